The van der Waals surface area contributed by atoms with Crippen LogP contribution in [0.4, 0.5) is 4.39 Å². The van der Waals surface area contributed by atoms with Crippen molar-refractivity contribution in [3.05, 3.63) is 65.7 Å². The van der Waals surface area contributed by atoms with Gasteiger partial charge in [0.25, 0.3) is 0 Å². The molecule has 0 amide bonds. The van der Waals surface area contributed by atoms with Crippen LogP contribution in [0.25, 0.3) is 0 Å². The molecule has 0 aliphatic carbocycles. The van der Waals surface area contributed by atoms with Gasteiger partial charge in [0.05, 0.1) is 6.04 Å². The Morgan fingerprint density at radius 1 is 1.24 bits per heavy atom. The van der Waals surface area contributed by atoms with Crippen LogP contribution in [0.5, 0.6) is 0 Å². The third-order valence-electron chi connectivity index (χ3n) is 3.73. The van der Waals surface area contributed by atoms with Crippen LogP contribution in [0.15, 0.2) is 48.8 Å². The van der Waals surface area contributed by atoms with Gasteiger partial charge in [-0.2, -0.15) is 0 Å². The summed E-state index contributed by atoms with van der Waals surface area (Å²) in [4.78, 5) is 6.21. The molecule has 0 fully saturated rings. The van der Waals surface area contributed by atoms with Crippen molar-refractivity contribution < 1.29 is 4.39 Å². The van der Waals surface area contributed by atoms with Gasteiger partial charge >= 0.3 is 0 Å². The number of pyridine rings is 1. The summed E-state index contributed by atoms with van der Waals surface area (Å²) in [5.41, 5.74) is 7.99. The molecule has 1 aromatic carbocycles. The predicted octanol–water partition coefficient (Wildman–Crippen LogP) is 3.13. The van der Waals surface area contributed by atoms with E-state index in [1.807, 2.05) is 44.4 Å². The van der Waals surface area contributed by atoms with E-state index in [1.54, 1.807) is 12.3 Å². The molecule has 0 saturated carbocycles. The molecule has 2 unspecified atom stereocenters. The third kappa shape index (κ3) is 3.86. The molecule has 4 heteroatoms. The van der Waals surface area contributed by atoms with Crippen molar-refractivity contribution in [3.8, 4) is 0 Å². The Morgan fingerprint density at radius 2 is 2.00 bits per heavy atom. The summed E-state index contributed by atoms with van der Waals surface area (Å²) in [5.74, 6) is -0.204. The summed E-state index contributed by atoms with van der Waals surface area (Å²) in [6.07, 6.45) is 4.36. The van der Waals surface area contributed by atoms with Gasteiger partial charge in [-0.3, -0.25) is 9.88 Å². The topological polar surface area (TPSA) is 42.1 Å². The first-order valence-corrected chi connectivity index (χ1v) is 7.22. The Hall–Kier alpha value is -1.78. The maximum Gasteiger partial charge on any atom is 0.128 e. The normalized spacial score (nSPS) is 14.1. The van der Waals surface area contributed by atoms with Crippen LogP contribution < -0.4 is 5.73 Å². The number of likely N-dealkylation sites (N-methyl/N-ethyl adjacent to an activating group) is 1. The first-order valence-electron chi connectivity index (χ1n) is 7.22. The van der Waals surface area contributed by atoms with Crippen molar-refractivity contribution >= 4 is 0 Å². The summed E-state index contributed by atoms with van der Waals surface area (Å²) in [6, 6.07) is 10.5. The lowest BCUT2D eigenvalue weighted by Gasteiger charge is -2.33. The minimum Gasteiger partial charge on any atom is -0.326 e. The van der Waals surface area contributed by atoms with E-state index in [0.717, 1.165) is 12.0 Å². The quantitative estimate of drug-likeness (QED) is 0.887. The van der Waals surface area contributed by atoms with Gasteiger partial charge in [-0.1, -0.05) is 31.2 Å². The molecule has 21 heavy (non-hydrogen) atoms. The number of hydrogen-bond acceptors (Lipinski definition) is 3. The second-order valence-electron chi connectivity index (χ2n) is 5.31. The zero-order chi connectivity index (χ0) is 15.2. The first kappa shape index (κ1) is 15.6. The lowest BCUT2D eigenvalue weighted by molar-refractivity contribution is 0.197. The number of halogens is 1. The van der Waals surface area contributed by atoms with E-state index >= 15 is 0 Å². The predicted molar refractivity (Wildman–Crippen MR) is 83.1 cm³/mol. The monoisotopic (exact) mass is 287 g/mol. The van der Waals surface area contributed by atoms with Gasteiger partial charge in [-0.05, 0) is 31.2 Å². The van der Waals surface area contributed by atoms with Crippen LogP contribution in [-0.4, -0.2) is 23.0 Å². The molecule has 0 saturated heterocycles. The molecule has 0 spiro atoms. The van der Waals surface area contributed by atoms with E-state index in [4.69, 9.17) is 5.73 Å². The lowest BCUT2D eigenvalue weighted by Crippen LogP contribution is -2.39. The van der Waals surface area contributed by atoms with Crippen molar-refractivity contribution in [2.45, 2.75) is 32.0 Å². The highest BCUT2D eigenvalue weighted by molar-refractivity contribution is 5.23. The number of nitrogens with zero attached hydrogens (tertiary/aromatic N) is 2. The molecule has 1 heterocycles. The fourth-order valence-corrected chi connectivity index (χ4v) is 2.61. The molecule has 0 bridgehead atoms. The molecule has 0 radical (unpaired) electrons. The van der Waals surface area contributed by atoms with Gasteiger partial charge in [0.1, 0.15) is 5.82 Å². The van der Waals surface area contributed by atoms with E-state index < -0.39 is 0 Å². The van der Waals surface area contributed by atoms with Crippen LogP contribution >= 0.6 is 0 Å². The maximum absolute atomic E-state index is 14.1. The van der Waals surface area contributed by atoms with Crippen LogP contribution in [0, 0.1) is 5.82 Å². The van der Waals surface area contributed by atoms with Gasteiger partial charge in [-0.15, -0.1) is 0 Å². The van der Waals surface area contributed by atoms with E-state index in [-0.39, 0.29) is 17.9 Å². The lowest BCUT2D eigenvalue weighted by atomic mass is 9.96. The van der Waals surface area contributed by atoms with E-state index in [0.29, 0.717) is 12.1 Å². The van der Waals surface area contributed by atoms with Crippen LogP contribution in [0.1, 0.15) is 30.5 Å². The highest BCUT2D eigenvalue weighted by Gasteiger charge is 2.25. The molecule has 2 aromatic rings. The molecule has 2 rings (SSSR count). The van der Waals surface area contributed by atoms with Crippen LogP contribution in [-0.2, 0) is 6.54 Å². The fraction of sp³-hybridized carbons (Fsp3) is 0.353. The van der Waals surface area contributed by atoms with E-state index in [9.17, 15) is 4.39 Å². The number of benzene rings is 1. The zero-order valence-electron chi connectivity index (χ0n) is 12.5. The minimum absolute atomic E-state index is 0.122. The Morgan fingerprint density at radius 3 is 2.62 bits per heavy atom. The summed E-state index contributed by atoms with van der Waals surface area (Å²) < 4.78 is 14.1. The molecule has 3 nitrogen and oxygen atoms in total. The Bertz CT molecular complexity index is 559. The fourth-order valence-electron chi connectivity index (χ4n) is 2.61. The van der Waals surface area contributed by atoms with Crippen molar-refractivity contribution in [1.29, 1.82) is 0 Å². The molecule has 2 atom stereocenters. The van der Waals surface area contributed by atoms with Gasteiger partial charge in [0, 0.05) is 30.5 Å². The third-order valence-corrected chi connectivity index (χ3v) is 3.73. The molecule has 1 aromatic heterocycles. The van der Waals surface area contributed by atoms with Gasteiger partial charge < -0.3 is 5.73 Å². The SMILES string of the molecule is CCC(N)C(c1ccccc1F)N(C)Cc1cccnc1. The molecule has 112 valence electrons. The second-order valence-corrected chi connectivity index (χ2v) is 5.31. The molecule has 0 aliphatic rings. The average Bonchev–Trinajstić information content (AvgIpc) is 2.50. The summed E-state index contributed by atoms with van der Waals surface area (Å²) in [5, 5.41) is 0. The maximum atomic E-state index is 14.1. The molecular weight excluding hydrogens is 265 g/mol. The standard InChI is InChI=1S/C17H22FN3/c1-3-16(19)17(14-8-4-5-9-15(14)18)21(2)12-13-7-6-10-20-11-13/h4-11,16-17H,3,12,19H2,1-2H3. The first-order chi connectivity index (χ1) is 10.1. The average molecular weight is 287 g/mol. The van der Waals surface area contributed by atoms with Gasteiger partial charge in [0.2, 0.25) is 0 Å². The summed E-state index contributed by atoms with van der Waals surface area (Å²) >= 11 is 0. The Labute approximate surface area is 125 Å². The number of hydrogen-bond donors (Lipinski definition) is 1. The second kappa shape index (κ2) is 7.29. The smallest absolute Gasteiger partial charge is 0.128 e. The van der Waals surface area contributed by atoms with Gasteiger partial charge in [0.15, 0.2) is 0 Å². The van der Waals surface area contributed by atoms with Crippen LogP contribution in [0.3, 0.4) is 0 Å². The largest absolute Gasteiger partial charge is 0.326 e. The Balaban J connectivity index is 2.26. The number of rotatable bonds is 6. The number of aromatic nitrogens is 1. The van der Waals surface area contributed by atoms with Gasteiger partial charge in [-0.25, -0.2) is 4.39 Å². The highest BCUT2D eigenvalue weighted by atomic mass is 19.1. The van der Waals surface area contributed by atoms with E-state index in [2.05, 4.69) is 9.88 Å². The summed E-state index contributed by atoms with van der Waals surface area (Å²) in [7, 11) is 1.97. The summed E-state index contributed by atoms with van der Waals surface area (Å²) in [6.45, 7) is 2.71. The van der Waals surface area contributed by atoms with Crippen molar-refractivity contribution in [2.75, 3.05) is 7.05 Å². The van der Waals surface area contributed by atoms with Crippen molar-refractivity contribution in [2.24, 2.45) is 5.73 Å². The zero-order valence-corrected chi connectivity index (χ0v) is 12.5. The van der Waals surface area contributed by atoms with Crippen LogP contribution in [0.2, 0.25) is 0 Å². The number of nitrogens with two attached hydrogens (primary N) is 1. The van der Waals surface area contributed by atoms with E-state index in [1.165, 1.54) is 6.07 Å². The molecule has 0 aliphatic heterocycles. The highest BCUT2D eigenvalue weighted by Crippen LogP contribution is 2.27. The van der Waals surface area contributed by atoms with Crippen molar-refractivity contribution in [1.82, 2.24) is 9.88 Å². The molecule has 2 N–H and O–H groups in total. The van der Waals surface area contributed by atoms with Crippen molar-refractivity contribution in [3.63, 3.8) is 0 Å². The molecular formula is C17H22FN3. The minimum atomic E-state index is -0.204. The Kier molecular flexibility index (Phi) is 5.42.